The van der Waals surface area contributed by atoms with Crippen molar-refractivity contribution in [1.82, 2.24) is 29.0 Å². The van der Waals surface area contributed by atoms with Gasteiger partial charge in [-0.05, 0) is 74.2 Å². The van der Waals surface area contributed by atoms with E-state index < -0.39 is 0 Å². The number of hydrogen-bond donors (Lipinski definition) is 1. The number of carbonyl (C=O) groups is 1. The molecule has 0 spiro atoms. The fourth-order valence-corrected chi connectivity index (χ4v) is 5.60. The lowest BCUT2D eigenvalue weighted by Crippen LogP contribution is -2.43. The molecule has 5 aromatic rings. The fraction of sp³-hybridized carbons (Fsp3) is 0.306. The van der Waals surface area contributed by atoms with E-state index in [0.717, 1.165) is 78.7 Å². The monoisotopic (exact) mass is 585 g/mol. The topological polar surface area (TPSA) is 70.7 Å². The molecule has 3 aromatic heterocycles. The van der Waals surface area contributed by atoms with Crippen molar-refractivity contribution >= 4 is 22.8 Å². The summed E-state index contributed by atoms with van der Waals surface area (Å²) in [6.45, 7) is 12.4. The Labute approximate surface area is 259 Å². The van der Waals surface area contributed by atoms with Crippen LogP contribution in [0.15, 0.2) is 73.3 Å². The van der Waals surface area contributed by atoms with Gasteiger partial charge in [0.25, 0.3) is 0 Å². The number of hydrogen-bond acceptors (Lipinski definition) is 6. The van der Waals surface area contributed by atoms with E-state index in [-0.39, 0.29) is 5.78 Å². The van der Waals surface area contributed by atoms with Crippen molar-refractivity contribution in [2.24, 2.45) is 0 Å². The van der Waals surface area contributed by atoms with Crippen LogP contribution in [0.2, 0.25) is 0 Å². The molecule has 2 aromatic carbocycles. The van der Waals surface area contributed by atoms with E-state index in [9.17, 15) is 4.79 Å². The van der Waals surface area contributed by atoms with Crippen molar-refractivity contribution in [1.29, 1.82) is 0 Å². The lowest BCUT2D eigenvalue weighted by atomic mass is 9.96. The van der Waals surface area contributed by atoms with Crippen LogP contribution in [-0.2, 0) is 19.5 Å². The second kappa shape index (κ2) is 12.9. The van der Waals surface area contributed by atoms with E-state index in [1.54, 1.807) is 12.4 Å². The van der Waals surface area contributed by atoms with Crippen LogP contribution < -0.4 is 5.32 Å². The molecule has 6 rings (SSSR count). The number of benzene rings is 2. The van der Waals surface area contributed by atoms with E-state index in [1.165, 1.54) is 11.1 Å². The maximum Gasteiger partial charge on any atom is 0.167 e. The summed E-state index contributed by atoms with van der Waals surface area (Å²) in [5, 5.41) is 7.74. The third-order valence-corrected chi connectivity index (χ3v) is 8.42. The molecule has 0 radical (unpaired) electrons. The van der Waals surface area contributed by atoms with Gasteiger partial charge in [-0.3, -0.25) is 18.8 Å². The van der Waals surface area contributed by atoms with Crippen LogP contribution in [0.1, 0.15) is 50.8 Å². The number of carbonyl (C=O) groups excluding carboxylic acids is 1. The molecule has 1 fully saturated rings. The van der Waals surface area contributed by atoms with Crippen molar-refractivity contribution in [3.8, 4) is 11.8 Å². The first-order valence-electron chi connectivity index (χ1n) is 15.3. The summed E-state index contributed by atoms with van der Waals surface area (Å²) in [6.07, 6.45) is 7.88. The Hall–Kier alpha value is -4.71. The molecule has 44 heavy (non-hydrogen) atoms. The molecular weight excluding hydrogens is 546 g/mol. The number of rotatable bonds is 8. The minimum absolute atomic E-state index is 0.0937. The Balaban J connectivity index is 1.16. The molecule has 0 bridgehead atoms. The van der Waals surface area contributed by atoms with Gasteiger partial charge in [0.1, 0.15) is 5.69 Å². The first kappa shape index (κ1) is 29.4. The molecule has 8 heteroatoms. The number of aromatic nitrogens is 4. The Morgan fingerprint density at radius 2 is 1.82 bits per heavy atom. The first-order chi connectivity index (χ1) is 21.4. The summed E-state index contributed by atoms with van der Waals surface area (Å²) >= 11 is 0. The zero-order valence-corrected chi connectivity index (χ0v) is 26.0. The van der Waals surface area contributed by atoms with Crippen LogP contribution in [-0.4, -0.2) is 68.0 Å². The third kappa shape index (κ3) is 6.60. The molecule has 1 saturated heterocycles. The van der Waals surface area contributed by atoms with Crippen molar-refractivity contribution in [2.75, 3.05) is 38.5 Å². The second-order valence-electron chi connectivity index (χ2n) is 11.7. The van der Waals surface area contributed by atoms with Crippen molar-refractivity contribution < 1.29 is 4.79 Å². The van der Waals surface area contributed by atoms with Crippen molar-refractivity contribution in [3.05, 3.63) is 112 Å². The normalized spacial score (nSPS) is 14.0. The summed E-state index contributed by atoms with van der Waals surface area (Å²) in [6, 6.07) is 16.2. The number of nitrogens with zero attached hydrogens (tertiary/aromatic N) is 6. The number of likely N-dealkylation sites (N-methyl/N-ethyl adjacent to an activating group) is 1. The Morgan fingerprint density at radius 1 is 0.977 bits per heavy atom. The van der Waals surface area contributed by atoms with Crippen LogP contribution >= 0.6 is 0 Å². The van der Waals surface area contributed by atoms with E-state index in [0.29, 0.717) is 12.0 Å². The van der Waals surface area contributed by atoms with Gasteiger partial charge in [-0.15, -0.1) is 0 Å². The molecule has 0 aliphatic carbocycles. The van der Waals surface area contributed by atoms with Crippen LogP contribution in [0.5, 0.6) is 0 Å². The van der Waals surface area contributed by atoms with Gasteiger partial charge >= 0.3 is 0 Å². The maximum atomic E-state index is 13.3. The quantitative estimate of drug-likeness (QED) is 0.192. The Bertz CT molecular complexity index is 1860. The van der Waals surface area contributed by atoms with E-state index in [1.807, 2.05) is 58.7 Å². The number of pyridine rings is 1. The zero-order chi connectivity index (χ0) is 30.6. The van der Waals surface area contributed by atoms with Crippen molar-refractivity contribution in [2.45, 2.75) is 40.3 Å². The average Bonchev–Trinajstić information content (AvgIpc) is 3.66. The number of Topliss-reactive ketones (excluding diaryl/α,β-unsaturated/α-hetero) is 1. The highest BCUT2D eigenvalue weighted by atomic mass is 16.1. The standard InChI is InChI=1S/C36H39N7O/c1-5-42-25-32(22-38-42)39-34-7-6-14-43-33(23-37-36(34)43)13-12-29-21-30(10-8-26(29)2)35(44)20-28-9-11-31(27(3)19-28)24-41-17-15-40(4)16-18-41/h6-11,14,19,21-23,25,39H,5,15-18,20,24H2,1-4H3. The van der Waals surface area contributed by atoms with Gasteiger partial charge in [0.2, 0.25) is 0 Å². The van der Waals surface area contributed by atoms with Gasteiger partial charge in [-0.1, -0.05) is 36.3 Å². The average molecular weight is 586 g/mol. The minimum Gasteiger partial charge on any atom is -0.350 e. The third-order valence-electron chi connectivity index (χ3n) is 8.42. The van der Waals surface area contributed by atoms with Gasteiger partial charge in [0.15, 0.2) is 11.4 Å². The largest absolute Gasteiger partial charge is 0.350 e. The summed E-state index contributed by atoms with van der Waals surface area (Å²) in [5.74, 6) is 6.68. The molecule has 8 nitrogen and oxygen atoms in total. The molecule has 4 heterocycles. The van der Waals surface area contributed by atoms with Crippen LogP contribution in [0.3, 0.4) is 0 Å². The van der Waals surface area contributed by atoms with Crippen LogP contribution in [0.4, 0.5) is 11.4 Å². The first-order valence-corrected chi connectivity index (χ1v) is 15.3. The number of anilines is 2. The lowest BCUT2D eigenvalue weighted by molar-refractivity contribution is 0.0993. The number of imidazole rings is 1. The van der Waals surface area contributed by atoms with Gasteiger partial charge in [0.05, 0.1) is 23.8 Å². The molecule has 1 N–H and O–H groups in total. The molecule has 0 saturated carbocycles. The summed E-state index contributed by atoms with van der Waals surface area (Å²) in [7, 11) is 2.18. The highest BCUT2D eigenvalue weighted by Gasteiger charge is 2.16. The Morgan fingerprint density at radius 3 is 2.59 bits per heavy atom. The van der Waals surface area contributed by atoms with E-state index in [2.05, 4.69) is 76.1 Å². The Kier molecular flexibility index (Phi) is 8.60. The highest BCUT2D eigenvalue weighted by molar-refractivity contribution is 5.98. The summed E-state index contributed by atoms with van der Waals surface area (Å²) in [4.78, 5) is 22.9. The van der Waals surface area contributed by atoms with Gasteiger partial charge in [0, 0.05) is 69.2 Å². The molecule has 0 unspecified atom stereocenters. The predicted octanol–water partition coefficient (Wildman–Crippen LogP) is 5.48. The SMILES string of the molecule is CCn1cc(Nc2cccn3c(C#Cc4cc(C(=O)Cc5ccc(CN6CCN(C)CC6)c(C)c5)ccc4C)cnc23)cn1. The van der Waals surface area contributed by atoms with Crippen LogP contribution in [0, 0.1) is 25.7 Å². The second-order valence-corrected chi connectivity index (χ2v) is 11.7. The molecule has 1 aliphatic heterocycles. The number of nitrogens with one attached hydrogen (secondary N) is 1. The van der Waals surface area contributed by atoms with Gasteiger partial charge in [-0.2, -0.15) is 5.10 Å². The van der Waals surface area contributed by atoms with Gasteiger partial charge in [-0.25, -0.2) is 4.98 Å². The predicted molar refractivity (Wildman–Crippen MR) is 176 cm³/mol. The molecule has 0 atom stereocenters. The van der Waals surface area contributed by atoms with E-state index >= 15 is 0 Å². The van der Waals surface area contributed by atoms with Crippen LogP contribution in [0.25, 0.3) is 5.65 Å². The zero-order valence-electron chi connectivity index (χ0n) is 26.0. The number of fused-ring (bicyclic) bond motifs is 1. The number of piperazine rings is 1. The molecule has 1 aliphatic rings. The summed E-state index contributed by atoms with van der Waals surface area (Å²) in [5.41, 5.74) is 9.51. The van der Waals surface area contributed by atoms with E-state index in [4.69, 9.17) is 0 Å². The summed E-state index contributed by atoms with van der Waals surface area (Å²) < 4.78 is 3.85. The smallest absolute Gasteiger partial charge is 0.167 e. The minimum atomic E-state index is 0.0937. The molecule has 0 amide bonds. The maximum absolute atomic E-state index is 13.3. The van der Waals surface area contributed by atoms with Gasteiger partial charge < -0.3 is 10.2 Å². The molecular formula is C36H39N7O. The fourth-order valence-electron chi connectivity index (χ4n) is 5.60. The number of aryl methyl sites for hydroxylation is 3. The highest BCUT2D eigenvalue weighted by Crippen LogP contribution is 2.22. The lowest BCUT2D eigenvalue weighted by Gasteiger charge is -2.32. The van der Waals surface area contributed by atoms with Crippen molar-refractivity contribution in [3.63, 3.8) is 0 Å². The molecule has 224 valence electrons. The number of ketones is 1.